The lowest BCUT2D eigenvalue weighted by Crippen LogP contribution is -2.39. The molecule has 1 unspecified atom stereocenters. The van der Waals surface area contributed by atoms with Gasteiger partial charge in [0.05, 0.1) is 19.0 Å². The first-order valence-electron chi connectivity index (χ1n) is 14.9. The minimum Gasteiger partial charge on any atom is -0.481 e. The van der Waals surface area contributed by atoms with E-state index in [1.54, 1.807) is 12.1 Å². The molecule has 0 radical (unpaired) electrons. The van der Waals surface area contributed by atoms with Crippen molar-refractivity contribution in [3.8, 4) is 22.3 Å². The number of aliphatic carboxylic acids is 1. The molecule has 0 fully saturated rings. The number of ether oxygens (including phenoxy) is 1. The van der Waals surface area contributed by atoms with Crippen LogP contribution in [0, 0.1) is 0 Å². The van der Waals surface area contributed by atoms with E-state index < -0.39 is 24.0 Å². The topological polar surface area (TPSA) is 134 Å². The van der Waals surface area contributed by atoms with Crippen molar-refractivity contribution in [1.82, 2.24) is 16.0 Å². The van der Waals surface area contributed by atoms with Gasteiger partial charge in [-0.05, 0) is 45.4 Å². The van der Waals surface area contributed by atoms with Crippen LogP contribution in [0.25, 0.3) is 22.3 Å². The van der Waals surface area contributed by atoms with Gasteiger partial charge in [-0.25, -0.2) is 4.79 Å². The summed E-state index contributed by atoms with van der Waals surface area (Å²) in [5, 5.41) is 17.3. The molecule has 9 heteroatoms. The highest BCUT2D eigenvalue weighted by Gasteiger charge is 2.29. The first-order valence-corrected chi connectivity index (χ1v) is 14.9. The van der Waals surface area contributed by atoms with E-state index >= 15 is 0 Å². The van der Waals surface area contributed by atoms with E-state index in [9.17, 15) is 24.3 Å². The highest BCUT2D eigenvalue weighted by molar-refractivity contribution is 5.85. The fraction of sp³-hybridized carbons (Fsp3) is 0.222. The van der Waals surface area contributed by atoms with Crippen LogP contribution in [0.3, 0.4) is 0 Å². The van der Waals surface area contributed by atoms with Crippen molar-refractivity contribution in [2.45, 2.75) is 31.2 Å². The normalized spacial score (nSPS) is 12.4. The van der Waals surface area contributed by atoms with E-state index in [1.165, 1.54) is 0 Å². The molecule has 0 saturated heterocycles. The van der Waals surface area contributed by atoms with Gasteiger partial charge in [0.2, 0.25) is 11.8 Å². The van der Waals surface area contributed by atoms with Gasteiger partial charge in [0.25, 0.3) is 0 Å². The SMILES string of the molecule is O=C(O)CC(NC(=O)CNC(=O)CCCNC(=O)OCC1c2ccccc2-c2ccccc21)c1ccc(-c2ccccc2)cc1. The number of hydrogen-bond acceptors (Lipinski definition) is 5. The summed E-state index contributed by atoms with van der Waals surface area (Å²) < 4.78 is 5.51. The molecule has 3 amide bonds. The fourth-order valence-electron chi connectivity index (χ4n) is 5.57. The second-order valence-electron chi connectivity index (χ2n) is 10.8. The van der Waals surface area contributed by atoms with Crippen LogP contribution in [-0.4, -0.2) is 48.7 Å². The quantitative estimate of drug-likeness (QED) is 0.150. The van der Waals surface area contributed by atoms with Gasteiger partial charge in [-0.15, -0.1) is 0 Å². The molecule has 1 aliphatic carbocycles. The Labute approximate surface area is 261 Å². The Morgan fingerprint density at radius 1 is 0.711 bits per heavy atom. The Balaban J connectivity index is 1.01. The molecule has 4 aromatic carbocycles. The van der Waals surface area contributed by atoms with Gasteiger partial charge in [-0.2, -0.15) is 0 Å². The molecule has 0 heterocycles. The van der Waals surface area contributed by atoms with Gasteiger partial charge in [0, 0.05) is 18.9 Å². The van der Waals surface area contributed by atoms with Gasteiger partial charge in [-0.3, -0.25) is 14.4 Å². The standard InChI is InChI=1S/C36H35N3O6/c40-33(15-8-20-37-36(44)45-23-31-29-13-6-4-11-27(29)28-12-5-7-14-30(28)31)38-22-34(41)39-32(21-35(42)43)26-18-16-25(17-19-26)24-9-2-1-3-10-24/h1-7,9-14,16-19,31-32H,8,15,20-23H2,(H,37,44)(H,38,40)(H,39,41)(H,42,43). The second-order valence-corrected chi connectivity index (χ2v) is 10.8. The lowest BCUT2D eigenvalue weighted by Gasteiger charge is -2.18. The number of rotatable bonds is 13. The molecule has 5 rings (SSSR count). The minimum atomic E-state index is -1.06. The Morgan fingerprint density at radius 3 is 1.96 bits per heavy atom. The molecule has 0 saturated carbocycles. The summed E-state index contributed by atoms with van der Waals surface area (Å²) in [6.07, 6.45) is -0.409. The van der Waals surface area contributed by atoms with E-state index in [1.807, 2.05) is 66.7 Å². The van der Waals surface area contributed by atoms with Crippen molar-refractivity contribution in [2.24, 2.45) is 0 Å². The third-order valence-electron chi connectivity index (χ3n) is 7.77. The predicted octanol–water partition coefficient (Wildman–Crippen LogP) is 5.42. The maximum absolute atomic E-state index is 12.6. The Bertz CT molecular complexity index is 1610. The number of benzene rings is 4. The first-order chi connectivity index (χ1) is 21.9. The molecule has 230 valence electrons. The average molecular weight is 606 g/mol. The predicted molar refractivity (Wildman–Crippen MR) is 170 cm³/mol. The zero-order valence-electron chi connectivity index (χ0n) is 24.7. The fourth-order valence-corrected chi connectivity index (χ4v) is 5.57. The summed E-state index contributed by atoms with van der Waals surface area (Å²) in [4.78, 5) is 48.7. The van der Waals surface area contributed by atoms with Crippen LogP contribution in [0.2, 0.25) is 0 Å². The van der Waals surface area contributed by atoms with Crippen molar-refractivity contribution in [3.05, 3.63) is 120 Å². The van der Waals surface area contributed by atoms with E-state index in [2.05, 4.69) is 40.2 Å². The molecular formula is C36H35N3O6. The van der Waals surface area contributed by atoms with Gasteiger partial charge >= 0.3 is 12.1 Å². The van der Waals surface area contributed by atoms with Crippen LogP contribution >= 0.6 is 0 Å². The molecule has 4 N–H and O–H groups in total. The first kappa shape index (κ1) is 31.0. The molecule has 0 bridgehead atoms. The zero-order valence-corrected chi connectivity index (χ0v) is 24.7. The molecule has 0 aromatic heterocycles. The molecule has 0 spiro atoms. The number of amides is 3. The van der Waals surface area contributed by atoms with Gasteiger partial charge in [-0.1, -0.05) is 103 Å². The highest BCUT2D eigenvalue weighted by atomic mass is 16.5. The van der Waals surface area contributed by atoms with Crippen molar-refractivity contribution >= 4 is 23.9 Å². The number of alkyl carbamates (subject to hydrolysis) is 1. The molecule has 9 nitrogen and oxygen atoms in total. The molecule has 1 aliphatic rings. The summed E-state index contributed by atoms with van der Waals surface area (Å²) in [5.74, 6) is -1.95. The Morgan fingerprint density at radius 2 is 1.31 bits per heavy atom. The van der Waals surface area contributed by atoms with Crippen molar-refractivity contribution in [3.63, 3.8) is 0 Å². The van der Waals surface area contributed by atoms with Crippen molar-refractivity contribution in [2.75, 3.05) is 19.7 Å². The lowest BCUT2D eigenvalue weighted by atomic mass is 9.98. The van der Waals surface area contributed by atoms with Crippen LogP contribution in [0.15, 0.2) is 103 Å². The summed E-state index contributed by atoms with van der Waals surface area (Å²) >= 11 is 0. The third-order valence-corrected chi connectivity index (χ3v) is 7.77. The minimum absolute atomic E-state index is 0.0381. The second kappa shape index (κ2) is 14.8. The van der Waals surface area contributed by atoms with Gasteiger partial charge < -0.3 is 25.8 Å². The monoisotopic (exact) mass is 605 g/mol. The molecular weight excluding hydrogens is 570 g/mol. The van der Waals surface area contributed by atoms with E-state index in [0.29, 0.717) is 12.0 Å². The third kappa shape index (κ3) is 8.14. The van der Waals surface area contributed by atoms with E-state index in [4.69, 9.17) is 4.74 Å². The maximum atomic E-state index is 12.6. The Hall–Kier alpha value is -5.44. The van der Waals surface area contributed by atoms with Crippen LogP contribution in [0.4, 0.5) is 4.79 Å². The molecule has 1 atom stereocenters. The van der Waals surface area contributed by atoms with Crippen LogP contribution in [-0.2, 0) is 19.1 Å². The number of fused-ring (bicyclic) bond motifs is 3. The van der Waals surface area contributed by atoms with Crippen molar-refractivity contribution in [1.29, 1.82) is 0 Å². The zero-order chi connectivity index (χ0) is 31.6. The highest BCUT2D eigenvalue weighted by Crippen LogP contribution is 2.44. The van der Waals surface area contributed by atoms with Crippen LogP contribution in [0.5, 0.6) is 0 Å². The summed E-state index contributed by atoms with van der Waals surface area (Å²) in [7, 11) is 0. The number of carbonyl (C=O) groups is 4. The number of hydrogen-bond donors (Lipinski definition) is 4. The van der Waals surface area contributed by atoms with Gasteiger partial charge in [0.1, 0.15) is 6.61 Å². The molecule has 45 heavy (non-hydrogen) atoms. The maximum Gasteiger partial charge on any atom is 0.407 e. The number of carbonyl (C=O) groups excluding carboxylic acids is 3. The smallest absolute Gasteiger partial charge is 0.407 e. The van der Waals surface area contributed by atoms with E-state index in [-0.39, 0.29) is 44.4 Å². The van der Waals surface area contributed by atoms with E-state index in [0.717, 1.165) is 33.4 Å². The van der Waals surface area contributed by atoms with Gasteiger partial charge in [0.15, 0.2) is 0 Å². The molecule has 0 aliphatic heterocycles. The van der Waals surface area contributed by atoms with Crippen LogP contribution < -0.4 is 16.0 Å². The lowest BCUT2D eigenvalue weighted by molar-refractivity contribution is -0.138. The summed E-state index contributed by atoms with van der Waals surface area (Å²) in [6.45, 7) is 0.141. The average Bonchev–Trinajstić information content (AvgIpc) is 3.38. The number of nitrogens with one attached hydrogen (secondary N) is 3. The summed E-state index contributed by atoms with van der Waals surface area (Å²) in [6, 6.07) is 32.5. The van der Waals surface area contributed by atoms with Crippen LogP contribution in [0.1, 0.15) is 47.9 Å². The number of carboxylic acids is 1. The molecule has 4 aromatic rings. The number of carboxylic acid groups (broad SMARTS) is 1. The Kier molecular flexibility index (Phi) is 10.2. The largest absolute Gasteiger partial charge is 0.481 e. The van der Waals surface area contributed by atoms with Crippen molar-refractivity contribution < 1.29 is 29.0 Å². The summed E-state index contributed by atoms with van der Waals surface area (Å²) in [5.41, 5.74) is 7.20.